The van der Waals surface area contributed by atoms with Gasteiger partial charge in [-0.3, -0.25) is 4.55 Å². The summed E-state index contributed by atoms with van der Waals surface area (Å²) in [7, 11) is -5.05. The van der Waals surface area contributed by atoms with Gasteiger partial charge in [-0.1, -0.05) is 64.6 Å². The molecule has 3 aromatic carbocycles. The first kappa shape index (κ1) is 22.0. The maximum absolute atomic E-state index is 13.0. The second-order valence-corrected chi connectivity index (χ2v) is 9.25. The lowest BCUT2D eigenvalue weighted by atomic mass is 9.83. The van der Waals surface area contributed by atoms with E-state index in [9.17, 15) is 23.2 Å². The molecule has 0 aliphatic rings. The van der Waals surface area contributed by atoms with Crippen molar-refractivity contribution in [3.8, 4) is 11.5 Å². The van der Waals surface area contributed by atoms with Crippen molar-refractivity contribution in [1.29, 1.82) is 0 Å². The van der Waals surface area contributed by atoms with E-state index in [1.807, 2.05) is 0 Å². The summed E-state index contributed by atoms with van der Waals surface area (Å²) in [4.78, 5) is 0. The van der Waals surface area contributed by atoms with E-state index in [0.717, 1.165) is 0 Å². The van der Waals surface area contributed by atoms with Gasteiger partial charge in [-0.25, -0.2) is 0 Å². The Kier molecular flexibility index (Phi) is 5.98. The van der Waals surface area contributed by atoms with Crippen molar-refractivity contribution in [3.05, 3.63) is 91.4 Å². The monoisotopic (exact) mass is 492 g/mol. The molecule has 0 radical (unpaired) electrons. The molecule has 5 nitrogen and oxygen atoms in total. The van der Waals surface area contributed by atoms with Gasteiger partial charge < -0.3 is 10.2 Å². The minimum absolute atomic E-state index is 0.00871. The fourth-order valence-electron chi connectivity index (χ4n) is 3.16. The van der Waals surface area contributed by atoms with Crippen molar-refractivity contribution in [2.75, 3.05) is 0 Å². The normalized spacial score (nSPS) is 13.8. The third-order valence-corrected chi connectivity index (χ3v) is 7.30. The number of aromatic hydroxyl groups is 2. The Hall–Kier alpha value is -1.67. The van der Waals surface area contributed by atoms with Gasteiger partial charge in [0.15, 0.2) is 4.75 Å². The van der Waals surface area contributed by atoms with Crippen LogP contribution in [0.25, 0.3) is 0 Å². The standard InChI is InChI=1S/C19H12Cl4O5S/c20-13-6-3-11(9-15(13)22)19(29(26,27)28,10-1-4-12(24)5-2-10)17-14(21)7-8-16(25)18(17)23/h1-9,24-25H,(H,26,27,28). The molecule has 152 valence electrons. The van der Waals surface area contributed by atoms with Gasteiger partial charge in [0.05, 0.1) is 15.1 Å². The van der Waals surface area contributed by atoms with Gasteiger partial charge in [0.1, 0.15) is 11.5 Å². The van der Waals surface area contributed by atoms with Gasteiger partial charge in [-0.15, -0.1) is 0 Å². The van der Waals surface area contributed by atoms with Crippen LogP contribution in [-0.2, 0) is 14.9 Å². The average molecular weight is 494 g/mol. The zero-order chi connectivity index (χ0) is 21.6. The molecule has 1 unspecified atom stereocenters. The fraction of sp³-hybridized carbons (Fsp3) is 0.0526. The van der Waals surface area contributed by atoms with E-state index in [1.54, 1.807) is 0 Å². The lowest BCUT2D eigenvalue weighted by Crippen LogP contribution is -2.39. The van der Waals surface area contributed by atoms with Crippen LogP contribution < -0.4 is 0 Å². The van der Waals surface area contributed by atoms with Gasteiger partial charge in [0.25, 0.3) is 10.1 Å². The molecule has 3 N–H and O–H groups in total. The summed E-state index contributed by atoms with van der Waals surface area (Å²) in [6.45, 7) is 0. The van der Waals surface area contributed by atoms with Crippen molar-refractivity contribution < 1.29 is 23.2 Å². The number of halogens is 4. The first-order valence-electron chi connectivity index (χ1n) is 7.89. The molecule has 0 heterocycles. The number of phenolic OH excluding ortho intramolecular Hbond substituents is 2. The number of phenols is 2. The van der Waals surface area contributed by atoms with Crippen LogP contribution in [0.3, 0.4) is 0 Å². The SMILES string of the molecule is O=S(=O)(O)C(c1ccc(O)cc1)(c1ccc(Cl)c(Cl)c1)c1c(Cl)ccc(O)c1Cl. The minimum Gasteiger partial charge on any atom is -0.508 e. The van der Waals surface area contributed by atoms with Crippen LogP contribution in [0, 0.1) is 0 Å². The van der Waals surface area contributed by atoms with E-state index in [1.165, 1.54) is 54.6 Å². The third kappa shape index (κ3) is 3.65. The summed E-state index contributed by atoms with van der Waals surface area (Å²) in [5.41, 5.74) is -0.326. The number of benzene rings is 3. The van der Waals surface area contributed by atoms with E-state index in [0.29, 0.717) is 0 Å². The molecule has 0 aromatic heterocycles. The molecule has 0 amide bonds. The average Bonchev–Trinajstić information content (AvgIpc) is 2.64. The van der Waals surface area contributed by atoms with Crippen molar-refractivity contribution in [2.24, 2.45) is 0 Å². The van der Waals surface area contributed by atoms with Crippen molar-refractivity contribution in [1.82, 2.24) is 0 Å². The van der Waals surface area contributed by atoms with Crippen LogP contribution in [-0.4, -0.2) is 23.2 Å². The molecule has 1 atom stereocenters. The molecular formula is C19H12Cl4O5S. The highest BCUT2D eigenvalue weighted by molar-refractivity contribution is 7.87. The third-order valence-electron chi connectivity index (χ3n) is 4.41. The Balaban J connectivity index is 2.61. The molecule has 0 bridgehead atoms. The summed E-state index contributed by atoms with van der Waals surface area (Å²) in [6, 6.07) is 11.4. The molecule has 3 rings (SSSR count). The summed E-state index contributed by atoms with van der Waals surface area (Å²) in [6.07, 6.45) is 0. The predicted molar refractivity (Wildman–Crippen MR) is 114 cm³/mol. The lowest BCUT2D eigenvalue weighted by molar-refractivity contribution is 0.455. The molecule has 0 aliphatic heterocycles. The Morgan fingerprint density at radius 2 is 1.28 bits per heavy atom. The quantitative estimate of drug-likeness (QED) is 0.311. The maximum atomic E-state index is 13.0. The van der Waals surface area contributed by atoms with E-state index in [-0.39, 0.29) is 42.5 Å². The first-order chi connectivity index (χ1) is 13.5. The molecule has 3 aromatic rings. The van der Waals surface area contributed by atoms with Gasteiger partial charge >= 0.3 is 0 Å². The topological polar surface area (TPSA) is 94.8 Å². The van der Waals surface area contributed by atoms with Crippen LogP contribution in [0.4, 0.5) is 0 Å². The lowest BCUT2D eigenvalue weighted by Gasteiger charge is -2.34. The Labute approximate surface area is 186 Å². The second-order valence-electron chi connectivity index (χ2n) is 6.09. The molecule has 0 aliphatic carbocycles. The summed E-state index contributed by atoms with van der Waals surface area (Å²) in [5.74, 6) is -0.585. The molecule has 29 heavy (non-hydrogen) atoms. The zero-order valence-electron chi connectivity index (χ0n) is 14.3. The molecule has 0 saturated heterocycles. The zero-order valence-corrected chi connectivity index (χ0v) is 18.1. The maximum Gasteiger partial charge on any atom is 0.283 e. The fourth-order valence-corrected chi connectivity index (χ4v) is 5.55. The smallest absolute Gasteiger partial charge is 0.283 e. The molecule has 0 fully saturated rings. The Morgan fingerprint density at radius 3 is 1.83 bits per heavy atom. The van der Waals surface area contributed by atoms with Crippen LogP contribution in [0.5, 0.6) is 11.5 Å². The van der Waals surface area contributed by atoms with E-state index in [4.69, 9.17) is 46.4 Å². The highest BCUT2D eigenvalue weighted by Crippen LogP contribution is 2.51. The van der Waals surface area contributed by atoms with Crippen molar-refractivity contribution in [3.63, 3.8) is 0 Å². The first-order valence-corrected chi connectivity index (χ1v) is 10.8. The number of hydrogen-bond donors (Lipinski definition) is 3. The van der Waals surface area contributed by atoms with Gasteiger partial charge in [-0.2, -0.15) is 8.42 Å². The van der Waals surface area contributed by atoms with E-state index >= 15 is 0 Å². The predicted octanol–water partition coefficient (Wildman–Crippen LogP) is 5.89. The van der Waals surface area contributed by atoms with Crippen molar-refractivity contribution >= 4 is 56.5 Å². The summed E-state index contributed by atoms with van der Waals surface area (Å²) >= 11 is 24.7. The van der Waals surface area contributed by atoms with Crippen LogP contribution in [0.15, 0.2) is 54.6 Å². The van der Waals surface area contributed by atoms with Gasteiger partial charge in [-0.05, 0) is 47.5 Å². The van der Waals surface area contributed by atoms with Gasteiger partial charge in [0, 0.05) is 10.6 Å². The van der Waals surface area contributed by atoms with Crippen LogP contribution >= 0.6 is 46.4 Å². The molecular weight excluding hydrogens is 482 g/mol. The summed E-state index contributed by atoms with van der Waals surface area (Å²) < 4.78 is 34.0. The second kappa shape index (κ2) is 7.87. The highest BCUT2D eigenvalue weighted by Gasteiger charge is 2.51. The largest absolute Gasteiger partial charge is 0.508 e. The number of rotatable bonds is 4. The minimum atomic E-state index is -5.05. The van der Waals surface area contributed by atoms with Crippen LogP contribution in [0.2, 0.25) is 20.1 Å². The Morgan fingerprint density at radius 1 is 0.724 bits per heavy atom. The molecule has 0 spiro atoms. The van der Waals surface area contributed by atoms with Crippen LogP contribution in [0.1, 0.15) is 16.7 Å². The molecule has 10 heteroatoms. The Bertz CT molecular complexity index is 1200. The van der Waals surface area contributed by atoms with Crippen molar-refractivity contribution in [2.45, 2.75) is 4.75 Å². The van der Waals surface area contributed by atoms with E-state index < -0.39 is 20.6 Å². The highest BCUT2D eigenvalue weighted by atomic mass is 35.5. The van der Waals surface area contributed by atoms with Gasteiger partial charge in [0.2, 0.25) is 0 Å². The summed E-state index contributed by atoms with van der Waals surface area (Å²) in [5, 5.41) is 19.4. The number of hydrogen-bond acceptors (Lipinski definition) is 4. The molecule has 0 saturated carbocycles. The van der Waals surface area contributed by atoms with E-state index in [2.05, 4.69) is 0 Å².